The topological polar surface area (TPSA) is 53.6 Å². The summed E-state index contributed by atoms with van der Waals surface area (Å²) in [4.78, 5) is 14.1. The normalized spacial score (nSPS) is 10.5. The highest BCUT2D eigenvalue weighted by Crippen LogP contribution is 2.22. The molecule has 5 nitrogen and oxygen atoms in total. The molecule has 2 aromatic rings. The maximum atomic E-state index is 11.9. The lowest BCUT2D eigenvalue weighted by molar-refractivity contribution is 0.248. The van der Waals surface area contributed by atoms with Crippen molar-refractivity contribution in [2.45, 2.75) is 13.8 Å². The molecule has 2 rings (SSSR count). The minimum Gasteiger partial charge on any atom is -0.457 e. The van der Waals surface area contributed by atoms with Crippen molar-refractivity contribution in [3.63, 3.8) is 0 Å². The Morgan fingerprint density at radius 1 is 0.958 bits per heavy atom. The van der Waals surface area contributed by atoms with Gasteiger partial charge in [0.1, 0.15) is 11.5 Å². The zero-order chi connectivity index (χ0) is 17.2. The van der Waals surface area contributed by atoms with Crippen molar-refractivity contribution < 1.29 is 9.53 Å². The maximum Gasteiger partial charge on any atom is 0.319 e. The van der Waals surface area contributed by atoms with Crippen molar-refractivity contribution in [2.75, 3.05) is 31.5 Å². The SMILES string of the molecule is CCN(CC)CCNC(=O)Nc1ccc(Oc2ccccc2)cc1. The van der Waals surface area contributed by atoms with Gasteiger partial charge in [0.2, 0.25) is 0 Å². The Morgan fingerprint density at radius 3 is 2.21 bits per heavy atom. The number of carbonyl (C=O) groups excluding carboxylic acids is 1. The average Bonchev–Trinajstić information content (AvgIpc) is 2.61. The molecule has 0 aliphatic rings. The Kier molecular flexibility index (Phi) is 7.11. The molecule has 5 heteroatoms. The van der Waals surface area contributed by atoms with Crippen LogP contribution in [0.2, 0.25) is 0 Å². The molecular weight excluding hydrogens is 302 g/mol. The molecule has 128 valence electrons. The number of nitrogens with one attached hydrogen (secondary N) is 2. The summed E-state index contributed by atoms with van der Waals surface area (Å²) in [6.07, 6.45) is 0. The molecule has 0 heterocycles. The zero-order valence-corrected chi connectivity index (χ0v) is 14.3. The van der Waals surface area contributed by atoms with E-state index in [-0.39, 0.29) is 6.03 Å². The first-order chi connectivity index (χ1) is 11.7. The minimum atomic E-state index is -0.195. The van der Waals surface area contributed by atoms with Crippen molar-refractivity contribution in [2.24, 2.45) is 0 Å². The van der Waals surface area contributed by atoms with Crippen molar-refractivity contribution in [3.05, 3.63) is 54.6 Å². The van der Waals surface area contributed by atoms with Gasteiger partial charge < -0.3 is 20.3 Å². The Balaban J connectivity index is 1.77. The molecule has 0 spiro atoms. The molecule has 0 saturated carbocycles. The molecular formula is C19H25N3O2. The third-order valence-corrected chi connectivity index (χ3v) is 3.70. The van der Waals surface area contributed by atoms with E-state index in [0.717, 1.165) is 36.8 Å². The highest BCUT2D eigenvalue weighted by Gasteiger charge is 2.04. The van der Waals surface area contributed by atoms with Gasteiger partial charge in [0.05, 0.1) is 0 Å². The summed E-state index contributed by atoms with van der Waals surface area (Å²) in [5.74, 6) is 1.51. The first-order valence-corrected chi connectivity index (χ1v) is 8.31. The fourth-order valence-electron chi connectivity index (χ4n) is 2.27. The van der Waals surface area contributed by atoms with Crippen LogP contribution < -0.4 is 15.4 Å². The summed E-state index contributed by atoms with van der Waals surface area (Å²) in [7, 11) is 0. The molecule has 0 saturated heterocycles. The van der Waals surface area contributed by atoms with Crippen LogP contribution in [0.3, 0.4) is 0 Å². The quantitative estimate of drug-likeness (QED) is 0.772. The van der Waals surface area contributed by atoms with Crippen molar-refractivity contribution in [1.29, 1.82) is 0 Å². The molecule has 0 aromatic heterocycles. The molecule has 0 fully saturated rings. The molecule has 24 heavy (non-hydrogen) atoms. The second-order valence-corrected chi connectivity index (χ2v) is 5.35. The average molecular weight is 327 g/mol. The van der Waals surface area contributed by atoms with E-state index >= 15 is 0 Å². The van der Waals surface area contributed by atoms with Gasteiger partial charge in [-0.25, -0.2) is 4.79 Å². The van der Waals surface area contributed by atoms with Gasteiger partial charge in [0, 0.05) is 18.8 Å². The molecule has 2 aromatic carbocycles. The zero-order valence-electron chi connectivity index (χ0n) is 14.3. The molecule has 2 amide bonds. The van der Waals surface area contributed by atoms with Crippen molar-refractivity contribution >= 4 is 11.7 Å². The van der Waals surface area contributed by atoms with Crippen LogP contribution in [0.15, 0.2) is 54.6 Å². The number of anilines is 1. The van der Waals surface area contributed by atoms with Gasteiger partial charge in [-0.3, -0.25) is 0 Å². The van der Waals surface area contributed by atoms with Crippen LogP contribution in [0.1, 0.15) is 13.8 Å². The van der Waals surface area contributed by atoms with Crippen LogP contribution in [0.4, 0.5) is 10.5 Å². The lowest BCUT2D eigenvalue weighted by Gasteiger charge is -2.18. The second kappa shape index (κ2) is 9.57. The van der Waals surface area contributed by atoms with Crippen molar-refractivity contribution in [3.8, 4) is 11.5 Å². The molecule has 0 bridgehead atoms. The number of likely N-dealkylation sites (N-methyl/N-ethyl adjacent to an activating group) is 1. The van der Waals surface area contributed by atoms with Gasteiger partial charge in [0.25, 0.3) is 0 Å². The number of ether oxygens (including phenoxy) is 1. The standard InChI is InChI=1S/C19H25N3O2/c1-3-22(4-2)15-14-20-19(23)21-16-10-12-18(13-11-16)24-17-8-6-5-7-9-17/h5-13H,3-4,14-15H2,1-2H3,(H2,20,21,23). The highest BCUT2D eigenvalue weighted by atomic mass is 16.5. The molecule has 0 unspecified atom stereocenters. The van der Waals surface area contributed by atoms with E-state index < -0.39 is 0 Å². The van der Waals surface area contributed by atoms with Crippen LogP contribution in [0, 0.1) is 0 Å². The lowest BCUT2D eigenvalue weighted by atomic mass is 10.3. The summed E-state index contributed by atoms with van der Waals surface area (Å²) in [6.45, 7) is 7.68. The van der Waals surface area contributed by atoms with Crippen molar-refractivity contribution in [1.82, 2.24) is 10.2 Å². The Labute approximate surface area is 143 Å². The largest absolute Gasteiger partial charge is 0.457 e. The number of amides is 2. The third kappa shape index (κ3) is 5.93. The number of hydrogen-bond acceptors (Lipinski definition) is 3. The fraction of sp³-hybridized carbons (Fsp3) is 0.316. The summed E-state index contributed by atoms with van der Waals surface area (Å²) < 4.78 is 5.72. The summed E-state index contributed by atoms with van der Waals surface area (Å²) in [5, 5.41) is 5.68. The predicted molar refractivity (Wildman–Crippen MR) is 97.8 cm³/mol. The summed E-state index contributed by atoms with van der Waals surface area (Å²) >= 11 is 0. The van der Waals surface area contributed by atoms with Gasteiger partial charge in [-0.05, 0) is 49.5 Å². The number of benzene rings is 2. The monoisotopic (exact) mass is 327 g/mol. The van der Waals surface area contributed by atoms with Gasteiger partial charge in [-0.2, -0.15) is 0 Å². The van der Waals surface area contributed by atoms with Crippen LogP contribution in [0.25, 0.3) is 0 Å². The Morgan fingerprint density at radius 2 is 1.58 bits per heavy atom. The number of urea groups is 1. The number of para-hydroxylation sites is 1. The molecule has 2 N–H and O–H groups in total. The molecule has 0 aliphatic heterocycles. The van der Waals surface area contributed by atoms with E-state index in [0.29, 0.717) is 6.54 Å². The van der Waals surface area contributed by atoms with Crippen LogP contribution in [0.5, 0.6) is 11.5 Å². The molecule has 0 aliphatic carbocycles. The summed E-state index contributed by atoms with van der Waals surface area (Å²) in [6, 6.07) is 16.7. The number of rotatable bonds is 8. The van der Waals surface area contributed by atoms with E-state index in [4.69, 9.17) is 4.74 Å². The highest BCUT2D eigenvalue weighted by molar-refractivity contribution is 5.89. The Hall–Kier alpha value is -2.53. The van der Waals surface area contributed by atoms with E-state index in [1.54, 1.807) is 0 Å². The maximum absolute atomic E-state index is 11.9. The first-order valence-electron chi connectivity index (χ1n) is 8.31. The number of hydrogen-bond donors (Lipinski definition) is 2. The van der Waals surface area contributed by atoms with E-state index in [9.17, 15) is 4.79 Å². The lowest BCUT2D eigenvalue weighted by Crippen LogP contribution is -2.36. The number of nitrogens with zero attached hydrogens (tertiary/aromatic N) is 1. The second-order valence-electron chi connectivity index (χ2n) is 5.35. The van der Waals surface area contributed by atoms with E-state index in [1.165, 1.54) is 0 Å². The van der Waals surface area contributed by atoms with Gasteiger partial charge in [-0.15, -0.1) is 0 Å². The van der Waals surface area contributed by atoms with Crippen LogP contribution >= 0.6 is 0 Å². The van der Waals surface area contributed by atoms with Crippen LogP contribution in [-0.2, 0) is 0 Å². The van der Waals surface area contributed by atoms with Gasteiger partial charge in [0.15, 0.2) is 0 Å². The molecule has 0 radical (unpaired) electrons. The predicted octanol–water partition coefficient (Wildman–Crippen LogP) is 3.94. The third-order valence-electron chi connectivity index (χ3n) is 3.70. The smallest absolute Gasteiger partial charge is 0.319 e. The van der Waals surface area contributed by atoms with E-state index in [1.807, 2.05) is 54.6 Å². The van der Waals surface area contributed by atoms with Crippen LogP contribution in [-0.4, -0.2) is 37.1 Å². The first kappa shape index (κ1) is 17.8. The van der Waals surface area contributed by atoms with Gasteiger partial charge in [-0.1, -0.05) is 32.0 Å². The minimum absolute atomic E-state index is 0.195. The van der Waals surface area contributed by atoms with Gasteiger partial charge >= 0.3 is 6.03 Å². The fourth-order valence-corrected chi connectivity index (χ4v) is 2.27. The number of carbonyl (C=O) groups is 1. The van der Waals surface area contributed by atoms with E-state index in [2.05, 4.69) is 29.4 Å². The Bertz CT molecular complexity index is 610. The molecule has 0 atom stereocenters. The summed E-state index contributed by atoms with van der Waals surface area (Å²) in [5.41, 5.74) is 0.732.